The van der Waals surface area contributed by atoms with E-state index in [1.165, 1.54) is 6.08 Å². The van der Waals surface area contributed by atoms with Crippen molar-refractivity contribution in [3.05, 3.63) is 35.5 Å². The van der Waals surface area contributed by atoms with E-state index in [9.17, 15) is 14.4 Å². The molecule has 2 aliphatic rings. The molecular formula is C19H24N4O4. The van der Waals surface area contributed by atoms with Crippen molar-refractivity contribution >= 4 is 29.1 Å². The Morgan fingerprint density at radius 3 is 2.78 bits per heavy atom. The SMILES string of the molecule is CC1CCCCN1c1ccc(C(N)=O)cc1NC1=CC(=O)N(CCO)C1=O. The predicted molar refractivity (Wildman–Crippen MR) is 101 cm³/mol. The molecule has 2 heterocycles. The first-order valence-corrected chi connectivity index (χ1v) is 9.08. The molecule has 0 aromatic heterocycles. The summed E-state index contributed by atoms with van der Waals surface area (Å²) in [5, 5.41) is 12.0. The molecule has 27 heavy (non-hydrogen) atoms. The summed E-state index contributed by atoms with van der Waals surface area (Å²) in [6.45, 7) is 2.65. The molecule has 0 radical (unpaired) electrons. The van der Waals surface area contributed by atoms with Crippen LogP contribution in [0.15, 0.2) is 30.0 Å². The number of primary amides is 1. The lowest BCUT2D eigenvalue weighted by molar-refractivity contribution is -0.137. The van der Waals surface area contributed by atoms with E-state index in [0.717, 1.165) is 36.4 Å². The van der Waals surface area contributed by atoms with Crippen molar-refractivity contribution in [2.75, 3.05) is 29.9 Å². The quantitative estimate of drug-likeness (QED) is 0.637. The minimum atomic E-state index is -0.569. The topological polar surface area (TPSA) is 116 Å². The number of carbonyl (C=O) groups excluding carboxylic acids is 3. The first-order valence-electron chi connectivity index (χ1n) is 9.08. The van der Waals surface area contributed by atoms with Gasteiger partial charge >= 0.3 is 0 Å². The van der Waals surface area contributed by atoms with Crippen LogP contribution in [0.4, 0.5) is 11.4 Å². The lowest BCUT2D eigenvalue weighted by Gasteiger charge is -2.36. The molecule has 144 valence electrons. The molecule has 4 N–H and O–H groups in total. The van der Waals surface area contributed by atoms with Crippen molar-refractivity contribution in [3.8, 4) is 0 Å². The van der Waals surface area contributed by atoms with E-state index in [0.29, 0.717) is 17.3 Å². The maximum Gasteiger partial charge on any atom is 0.277 e. The number of imide groups is 1. The molecule has 3 amide bonds. The Morgan fingerprint density at radius 2 is 2.11 bits per heavy atom. The summed E-state index contributed by atoms with van der Waals surface area (Å²) in [7, 11) is 0. The number of nitrogens with zero attached hydrogens (tertiary/aromatic N) is 2. The van der Waals surface area contributed by atoms with Gasteiger partial charge in [0.2, 0.25) is 5.91 Å². The summed E-state index contributed by atoms with van der Waals surface area (Å²) in [4.78, 5) is 39.2. The molecule has 2 aliphatic heterocycles. The van der Waals surface area contributed by atoms with Crippen LogP contribution in [-0.4, -0.2) is 53.5 Å². The minimum Gasteiger partial charge on any atom is -0.395 e. The van der Waals surface area contributed by atoms with Gasteiger partial charge < -0.3 is 21.1 Å². The number of benzene rings is 1. The maximum absolute atomic E-state index is 12.4. The molecule has 1 unspecified atom stereocenters. The molecule has 0 spiro atoms. The van der Waals surface area contributed by atoms with Gasteiger partial charge in [0.25, 0.3) is 11.8 Å². The van der Waals surface area contributed by atoms with Crippen molar-refractivity contribution in [1.29, 1.82) is 0 Å². The Morgan fingerprint density at radius 1 is 1.33 bits per heavy atom. The Labute approximate surface area is 157 Å². The van der Waals surface area contributed by atoms with Gasteiger partial charge in [-0.15, -0.1) is 0 Å². The zero-order valence-corrected chi connectivity index (χ0v) is 15.3. The lowest BCUT2D eigenvalue weighted by Crippen LogP contribution is -2.38. The summed E-state index contributed by atoms with van der Waals surface area (Å²) in [6, 6.07) is 5.40. The third kappa shape index (κ3) is 3.80. The van der Waals surface area contributed by atoms with Crippen LogP contribution in [0.2, 0.25) is 0 Å². The number of β-amino-alcohol motifs (C(OH)–C–C–N with tert-alkyl or cyclic N) is 1. The fourth-order valence-electron chi connectivity index (χ4n) is 3.55. The van der Waals surface area contributed by atoms with E-state index in [1.807, 2.05) is 6.07 Å². The zero-order chi connectivity index (χ0) is 19.6. The predicted octanol–water partition coefficient (Wildman–Crippen LogP) is 0.821. The smallest absolute Gasteiger partial charge is 0.277 e. The van der Waals surface area contributed by atoms with Gasteiger partial charge in [0.05, 0.1) is 24.5 Å². The van der Waals surface area contributed by atoms with E-state index in [2.05, 4.69) is 17.1 Å². The Hall–Kier alpha value is -2.87. The summed E-state index contributed by atoms with van der Waals surface area (Å²) in [5.74, 6) is -1.55. The minimum absolute atomic E-state index is 0.0588. The van der Waals surface area contributed by atoms with Crippen molar-refractivity contribution < 1.29 is 19.5 Å². The normalized spacial score (nSPS) is 20.1. The van der Waals surface area contributed by atoms with Crippen LogP contribution in [0, 0.1) is 0 Å². The molecule has 8 nitrogen and oxygen atoms in total. The van der Waals surface area contributed by atoms with Crippen LogP contribution in [0.5, 0.6) is 0 Å². The van der Waals surface area contributed by atoms with Gasteiger partial charge in [0, 0.05) is 24.2 Å². The highest BCUT2D eigenvalue weighted by Gasteiger charge is 2.31. The monoisotopic (exact) mass is 372 g/mol. The number of carbonyl (C=O) groups is 3. The highest BCUT2D eigenvalue weighted by Crippen LogP contribution is 2.33. The molecule has 1 aromatic carbocycles. The molecule has 8 heteroatoms. The molecule has 1 atom stereocenters. The van der Waals surface area contributed by atoms with E-state index >= 15 is 0 Å². The van der Waals surface area contributed by atoms with Gasteiger partial charge in [-0.3, -0.25) is 19.3 Å². The third-order valence-corrected chi connectivity index (χ3v) is 5.00. The highest BCUT2D eigenvalue weighted by molar-refractivity contribution is 6.17. The van der Waals surface area contributed by atoms with Gasteiger partial charge in [-0.1, -0.05) is 0 Å². The zero-order valence-electron chi connectivity index (χ0n) is 15.3. The van der Waals surface area contributed by atoms with Crippen LogP contribution < -0.4 is 16.0 Å². The van der Waals surface area contributed by atoms with E-state index in [-0.39, 0.29) is 18.8 Å². The second-order valence-electron chi connectivity index (χ2n) is 6.84. The number of amides is 3. The maximum atomic E-state index is 12.4. The standard InChI is InChI=1S/C19H24N4O4/c1-12-4-2-3-7-22(12)16-6-5-13(18(20)26)10-14(16)21-15-11-17(25)23(8-9-24)19(15)27/h5-6,10-12,21,24H,2-4,7-9H2,1H3,(H2,20,26). The van der Waals surface area contributed by atoms with E-state index in [1.54, 1.807) is 12.1 Å². The van der Waals surface area contributed by atoms with Crippen LogP contribution >= 0.6 is 0 Å². The number of nitrogens with one attached hydrogen (secondary N) is 1. The summed E-state index contributed by atoms with van der Waals surface area (Å²) < 4.78 is 0. The number of nitrogens with two attached hydrogens (primary N) is 1. The Kier molecular flexibility index (Phi) is 5.46. The average Bonchev–Trinajstić information content (AvgIpc) is 2.90. The Balaban J connectivity index is 1.94. The summed E-state index contributed by atoms with van der Waals surface area (Å²) >= 11 is 0. The number of anilines is 2. The van der Waals surface area contributed by atoms with Crippen molar-refractivity contribution in [3.63, 3.8) is 0 Å². The first kappa shape index (κ1) is 18.9. The van der Waals surface area contributed by atoms with Gasteiger partial charge in [-0.2, -0.15) is 0 Å². The van der Waals surface area contributed by atoms with Gasteiger partial charge in [-0.05, 0) is 44.4 Å². The molecule has 0 bridgehead atoms. The molecular weight excluding hydrogens is 348 g/mol. The fourth-order valence-corrected chi connectivity index (χ4v) is 3.55. The molecule has 1 saturated heterocycles. The third-order valence-electron chi connectivity index (χ3n) is 5.00. The molecule has 0 saturated carbocycles. The van der Waals surface area contributed by atoms with Gasteiger partial charge in [-0.25, -0.2) is 0 Å². The van der Waals surface area contributed by atoms with Crippen LogP contribution in [0.3, 0.4) is 0 Å². The number of hydrogen-bond acceptors (Lipinski definition) is 6. The number of rotatable bonds is 6. The van der Waals surface area contributed by atoms with Crippen molar-refractivity contribution in [2.24, 2.45) is 5.73 Å². The Bertz CT molecular complexity index is 805. The number of aliphatic hydroxyl groups is 1. The average molecular weight is 372 g/mol. The number of hydrogen-bond donors (Lipinski definition) is 3. The number of piperidine rings is 1. The first-order chi connectivity index (χ1) is 12.9. The van der Waals surface area contributed by atoms with Gasteiger partial charge in [0.15, 0.2) is 0 Å². The van der Waals surface area contributed by atoms with E-state index < -0.39 is 17.7 Å². The summed E-state index contributed by atoms with van der Waals surface area (Å²) in [5.41, 5.74) is 7.24. The largest absolute Gasteiger partial charge is 0.395 e. The van der Waals surface area contributed by atoms with Crippen molar-refractivity contribution in [2.45, 2.75) is 32.2 Å². The second-order valence-corrected chi connectivity index (χ2v) is 6.84. The van der Waals surface area contributed by atoms with Crippen LogP contribution in [0.1, 0.15) is 36.5 Å². The molecule has 1 aromatic rings. The van der Waals surface area contributed by atoms with E-state index in [4.69, 9.17) is 10.8 Å². The number of aliphatic hydroxyl groups excluding tert-OH is 1. The van der Waals surface area contributed by atoms with Gasteiger partial charge in [0.1, 0.15) is 5.70 Å². The van der Waals surface area contributed by atoms with Crippen LogP contribution in [0.25, 0.3) is 0 Å². The molecule has 3 rings (SSSR count). The van der Waals surface area contributed by atoms with Crippen LogP contribution in [-0.2, 0) is 9.59 Å². The van der Waals surface area contributed by atoms with Crippen molar-refractivity contribution in [1.82, 2.24) is 4.90 Å². The second kappa shape index (κ2) is 7.79. The molecule has 1 fully saturated rings. The summed E-state index contributed by atoms with van der Waals surface area (Å²) in [6.07, 6.45) is 4.49. The highest BCUT2D eigenvalue weighted by atomic mass is 16.3. The lowest BCUT2D eigenvalue weighted by atomic mass is 10.0. The fraction of sp³-hybridized carbons (Fsp3) is 0.421. The molecule has 0 aliphatic carbocycles.